The number of benzene rings is 1. The van der Waals surface area contributed by atoms with Gasteiger partial charge in [0.25, 0.3) is 0 Å². The molecule has 0 bridgehead atoms. The Morgan fingerprint density at radius 3 is 2.90 bits per heavy atom. The van der Waals surface area contributed by atoms with Crippen molar-refractivity contribution in [3.63, 3.8) is 0 Å². The van der Waals surface area contributed by atoms with Gasteiger partial charge in [-0.05, 0) is 49.5 Å². The van der Waals surface area contributed by atoms with E-state index in [1.54, 1.807) is 17.0 Å². The van der Waals surface area contributed by atoms with Crippen LogP contribution >= 0.6 is 23.2 Å². The molecule has 20 heavy (non-hydrogen) atoms. The second-order valence-electron chi connectivity index (χ2n) is 5.40. The second kappa shape index (κ2) is 7.30. The summed E-state index contributed by atoms with van der Waals surface area (Å²) in [6.07, 6.45) is 2.90. The predicted octanol–water partition coefficient (Wildman–Crippen LogP) is 3.34. The molecule has 1 aromatic rings. The SMILES string of the molecule is CN(Cc1ccc(Cl)cc1Cl)C(=O)CC1CCCNC1. The molecule has 5 heteroatoms. The van der Waals surface area contributed by atoms with Crippen molar-refractivity contribution in [2.45, 2.75) is 25.8 Å². The van der Waals surface area contributed by atoms with Crippen LogP contribution in [0.2, 0.25) is 10.0 Å². The standard InChI is InChI=1S/C15H20Cl2N2O/c1-19(10-12-4-5-13(16)8-14(12)17)15(20)7-11-3-2-6-18-9-11/h4-5,8,11,18H,2-3,6-7,9-10H2,1H3. The van der Waals surface area contributed by atoms with Crippen LogP contribution in [0.1, 0.15) is 24.8 Å². The van der Waals surface area contributed by atoms with Gasteiger partial charge in [0.2, 0.25) is 5.91 Å². The largest absolute Gasteiger partial charge is 0.341 e. The van der Waals surface area contributed by atoms with Crippen molar-refractivity contribution in [2.24, 2.45) is 5.92 Å². The maximum atomic E-state index is 12.2. The highest BCUT2D eigenvalue weighted by Gasteiger charge is 2.19. The van der Waals surface area contributed by atoms with Gasteiger partial charge in [-0.3, -0.25) is 4.79 Å². The maximum absolute atomic E-state index is 12.2. The molecule has 1 fully saturated rings. The summed E-state index contributed by atoms with van der Waals surface area (Å²) in [4.78, 5) is 14.0. The van der Waals surface area contributed by atoms with Crippen molar-refractivity contribution in [1.29, 1.82) is 0 Å². The third-order valence-electron chi connectivity index (χ3n) is 3.71. The van der Waals surface area contributed by atoms with Gasteiger partial charge in [0.15, 0.2) is 0 Å². The van der Waals surface area contributed by atoms with E-state index in [1.807, 2.05) is 13.1 Å². The lowest BCUT2D eigenvalue weighted by Crippen LogP contribution is -2.34. The van der Waals surface area contributed by atoms with Gasteiger partial charge in [0.1, 0.15) is 0 Å². The van der Waals surface area contributed by atoms with E-state index in [9.17, 15) is 4.79 Å². The average Bonchev–Trinajstić information content (AvgIpc) is 2.43. The maximum Gasteiger partial charge on any atom is 0.222 e. The van der Waals surface area contributed by atoms with Gasteiger partial charge in [-0.25, -0.2) is 0 Å². The number of nitrogens with one attached hydrogen (secondary N) is 1. The highest BCUT2D eigenvalue weighted by atomic mass is 35.5. The minimum absolute atomic E-state index is 0.171. The number of piperidine rings is 1. The molecule has 1 amide bonds. The molecule has 0 saturated carbocycles. The van der Waals surface area contributed by atoms with E-state index in [0.29, 0.717) is 28.9 Å². The van der Waals surface area contributed by atoms with Gasteiger partial charge in [0, 0.05) is 30.1 Å². The van der Waals surface area contributed by atoms with Crippen molar-refractivity contribution in [2.75, 3.05) is 20.1 Å². The monoisotopic (exact) mass is 314 g/mol. The highest BCUT2D eigenvalue weighted by Crippen LogP contribution is 2.23. The van der Waals surface area contributed by atoms with Gasteiger partial charge in [-0.1, -0.05) is 29.3 Å². The second-order valence-corrected chi connectivity index (χ2v) is 6.25. The van der Waals surface area contributed by atoms with Crippen molar-refractivity contribution < 1.29 is 4.79 Å². The number of carbonyl (C=O) groups excluding carboxylic acids is 1. The lowest BCUT2D eigenvalue weighted by Gasteiger charge is -2.25. The van der Waals surface area contributed by atoms with E-state index in [4.69, 9.17) is 23.2 Å². The van der Waals surface area contributed by atoms with Crippen LogP contribution in [0.3, 0.4) is 0 Å². The van der Waals surface area contributed by atoms with Crippen molar-refractivity contribution in [3.8, 4) is 0 Å². The average molecular weight is 315 g/mol. The number of carbonyl (C=O) groups is 1. The molecule has 1 saturated heterocycles. The van der Waals surface area contributed by atoms with Crippen molar-refractivity contribution in [3.05, 3.63) is 33.8 Å². The van der Waals surface area contributed by atoms with Gasteiger partial charge < -0.3 is 10.2 Å². The number of hydrogen-bond donors (Lipinski definition) is 1. The fourth-order valence-electron chi connectivity index (χ4n) is 2.49. The van der Waals surface area contributed by atoms with Crippen LogP contribution in [0, 0.1) is 5.92 Å². The Balaban J connectivity index is 1.89. The Bertz CT molecular complexity index is 473. The molecule has 2 rings (SSSR count). The Labute approximate surface area is 130 Å². The van der Waals surface area contributed by atoms with Crippen LogP contribution in [0.25, 0.3) is 0 Å². The molecule has 1 aromatic carbocycles. The lowest BCUT2D eigenvalue weighted by molar-refractivity contribution is -0.131. The zero-order valence-electron chi connectivity index (χ0n) is 11.7. The fourth-order valence-corrected chi connectivity index (χ4v) is 2.96. The fraction of sp³-hybridized carbons (Fsp3) is 0.533. The Kier molecular flexibility index (Phi) is 5.70. The minimum atomic E-state index is 0.171. The number of nitrogens with zero attached hydrogens (tertiary/aromatic N) is 1. The molecule has 3 nitrogen and oxygen atoms in total. The van der Waals surface area contributed by atoms with Gasteiger partial charge in [0.05, 0.1) is 0 Å². The predicted molar refractivity (Wildman–Crippen MR) is 83.1 cm³/mol. The molecule has 1 unspecified atom stereocenters. The van der Waals surface area contributed by atoms with Crippen LogP contribution in [0.15, 0.2) is 18.2 Å². The quantitative estimate of drug-likeness (QED) is 0.924. The molecule has 1 heterocycles. The first kappa shape index (κ1) is 15.6. The molecule has 1 atom stereocenters. The lowest BCUT2D eigenvalue weighted by atomic mass is 9.95. The zero-order valence-corrected chi connectivity index (χ0v) is 13.2. The molecule has 1 N–H and O–H groups in total. The molecular weight excluding hydrogens is 295 g/mol. The molecular formula is C15H20Cl2N2O. The Morgan fingerprint density at radius 1 is 1.45 bits per heavy atom. The highest BCUT2D eigenvalue weighted by molar-refractivity contribution is 6.35. The first-order chi connectivity index (χ1) is 9.56. The van der Waals surface area contributed by atoms with E-state index in [0.717, 1.165) is 31.5 Å². The number of halogens is 2. The van der Waals surface area contributed by atoms with Crippen LogP contribution < -0.4 is 5.32 Å². The zero-order chi connectivity index (χ0) is 14.5. The number of amides is 1. The first-order valence-corrected chi connectivity index (χ1v) is 7.70. The summed E-state index contributed by atoms with van der Waals surface area (Å²) >= 11 is 12.0. The molecule has 0 radical (unpaired) electrons. The van der Waals surface area contributed by atoms with Gasteiger partial charge in [-0.15, -0.1) is 0 Å². The van der Waals surface area contributed by atoms with Crippen molar-refractivity contribution in [1.82, 2.24) is 10.2 Å². The Hall–Kier alpha value is -0.770. The van der Waals surface area contributed by atoms with Crippen molar-refractivity contribution >= 4 is 29.1 Å². The van der Waals surface area contributed by atoms with E-state index >= 15 is 0 Å². The van der Waals surface area contributed by atoms with E-state index in [1.165, 1.54) is 0 Å². The molecule has 0 spiro atoms. The summed E-state index contributed by atoms with van der Waals surface area (Å²) in [5.41, 5.74) is 0.925. The van der Waals surface area contributed by atoms with Crippen LogP contribution in [0.4, 0.5) is 0 Å². The topological polar surface area (TPSA) is 32.3 Å². The van der Waals surface area contributed by atoms with E-state index < -0.39 is 0 Å². The Morgan fingerprint density at radius 2 is 2.25 bits per heavy atom. The summed E-state index contributed by atoms with van der Waals surface area (Å²) in [5.74, 6) is 0.629. The summed E-state index contributed by atoms with van der Waals surface area (Å²) < 4.78 is 0. The summed E-state index contributed by atoms with van der Waals surface area (Å²) in [7, 11) is 1.82. The summed E-state index contributed by atoms with van der Waals surface area (Å²) in [6, 6.07) is 5.38. The first-order valence-electron chi connectivity index (χ1n) is 6.95. The normalized spacial score (nSPS) is 18.9. The summed E-state index contributed by atoms with van der Waals surface area (Å²) in [6.45, 7) is 2.54. The van der Waals surface area contributed by atoms with E-state index in [2.05, 4.69) is 5.32 Å². The molecule has 0 aliphatic carbocycles. The molecule has 1 aliphatic heterocycles. The van der Waals surface area contributed by atoms with E-state index in [-0.39, 0.29) is 5.91 Å². The van der Waals surface area contributed by atoms with Crippen LogP contribution in [0.5, 0.6) is 0 Å². The number of hydrogen-bond acceptors (Lipinski definition) is 2. The van der Waals surface area contributed by atoms with Gasteiger partial charge >= 0.3 is 0 Å². The molecule has 110 valence electrons. The van der Waals surface area contributed by atoms with Crippen LogP contribution in [-0.2, 0) is 11.3 Å². The third-order valence-corrected chi connectivity index (χ3v) is 4.30. The molecule has 0 aromatic heterocycles. The smallest absolute Gasteiger partial charge is 0.222 e. The van der Waals surface area contributed by atoms with Gasteiger partial charge in [-0.2, -0.15) is 0 Å². The third kappa shape index (κ3) is 4.37. The number of rotatable bonds is 4. The minimum Gasteiger partial charge on any atom is -0.341 e. The molecule has 1 aliphatic rings. The van der Waals surface area contributed by atoms with Crippen LogP contribution in [-0.4, -0.2) is 30.9 Å². The summed E-state index contributed by atoms with van der Waals surface area (Å²) in [5, 5.41) is 4.56.